The van der Waals surface area contributed by atoms with Crippen LogP contribution >= 0.6 is 0 Å². The minimum Gasteiger partial charge on any atom is -0.493 e. The molecule has 2 aromatic rings. The van der Waals surface area contributed by atoms with Crippen molar-refractivity contribution in [3.05, 3.63) is 47.4 Å². The summed E-state index contributed by atoms with van der Waals surface area (Å²) in [4.78, 5) is 5.16. The lowest BCUT2D eigenvalue weighted by Gasteiger charge is -2.40. The molecule has 0 radical (unpaired) electrons. The number of likely N-dealkylation sites (tertiary alicyclic amines) is 2. The Morgan fingerprint density at radius 3 is 2.50 bits per heavy atom. The van der Waals surface area contributed by atoms with E-state index in [4.69, 9.17) is 13.9 Å². The Labute approximate surface area is 168 Å². The van der Waals surface area contributed by atoms with Crippen LogP contribution in [0, 0.1) is 12.3 Å². The van der Waals surface area contributed by atoms with E-state index in [0.29, 0.717) is 5.41 Å². The number of rotatable bonds is 6. The zero-order valence-electron chi connectivity index (χ0n) is 17.4. The number of hydrogen-bond donors (Lipinski definition) is 0. The summed E-state index contributed by atoms with van der Waals surface area (Å²) in [5.41, 5.74) is 1.62. The first kappa shape index (κ1) is 19.3. The molecule has 1 aromatic carbocycles. The van der Waals surface area contributed by atoms with Crippen LogP contribution in [0.2, 0.25) is 0 Å². The molecule has 0 saturated carbocycles. The van der Waals surface area contributed by atoms with Crippen molar-refractivity contribution in [2.75, 3.05) is 40.4 Å². The van der Waals surface area contributed by atoms with Crippen LogP contribution in [0.4, 0.5) is 0 Å². The van der Waals surface area contributed by atoms with E-state index in [0.717, 1.165) is 55.7 Å². The van der Waals surface area contributed by atoms with Crippen molar-refractivity contribution in [1.82, 2.24) is 9.80 Å². The summed E-state index contributed by atoms with van der Waals surface area (Å²) < 4.78 is 16.9. The SMILES string of the molecule is COc1cccc(CN2CCCC3(CCN(Cc4ccc(C)o4)C3)C2)c1OC. The molecule has 3 heterocycles. The van der Waals surface area contributed by atoms with Crippen LogP contribution in [0.25, 0.3) is 0 Å². The van der Waals surface area contributed by atoms with Gasteiger partial charge in [0.1, 0.15) is 11.5 Å². The monoisotopic (exact) mass is 384 g/mol. The lowest BCUT2D eigenvalue weighted by Crippen LogP contribution is -2.44. The third-order valence-corrected chi connectivity index (χ3v) is 6.31. The number of furan rings is 1. The molecular formula is C23H32N2O3. The maximum Gasteiger partial charge on any atom is 0.165 e. The third-order valence-electron chi connectivity index (χ3n) is 6.31. The maximum atomic E-state index is 5.79. The molecule has 0 N–H and O–H groups in total. The summed E-state index contributed by atoms with van der Waals surface area (Å²) in [6, 6.07) is 10.3. The fourth-order valence-electron chi connectivity index (χ4n) is 5.05. The van der Waals surface area contributed by atoms with Gasteiger partial charge in [0, 0.05) is 25.2 Å². The topological polar surface area (TPSA) is 38.1 Å². The summed E-state index contributed by atoms with van der Waals surface area (Å²) >= 11 is 0. The molecule has 2 aliphatic rings. The molecule has 1 spiro atoms. The van der Waals surface area contributed by atoms with Crippen LogP contribution in [0.1, 0.15) is 36.3 Å². The predicted octanol–water partition coefficient (Wildman–Crippen LogP) is 4.09. The first-order valence-corrected chi connectivity index (χ1v) is 10.3. The van der Waals surface area contributed by atoms with Gasteiger partial charge in [-0.05, 0) is 62.9 Å². The fraction of sp³-hybridized carbons (Fsp3) is 0.565. The zero-order valence-corrected chi connectivity index (χ0v) is 17.4. The third kappa shape index (κ3) is 4.06. The average Bonchev–Trinajstić information content (AvgIpc) is 3.27. The molecule has 1 unspecified atom stereocenters. The summed E-state index contributed by atoms with van der Waals surface area (Å²) in [5, 5.41) is 0. The van der Waals surface area contributed by atoms with E-state index in [9.17, 15) is 0 Å². The highest BCUT2D eigenvalue weighted by molar-refractivity contribution is 5.46. The molecule has 1 aromatic heterocycles. The van der Waals surface area contributed by atoms with Crippen molar-refractivity contribution < 1.29 is 13.9 Å². The summed E-state index contributed by atoms with van der Waals surface area (Å²) in [7, 11) is 3.43. The Hall–Kier alpha value is -1.98. The van der Waals surface area contributed by atoms with E-state index in [1.807, 2.05) is 13.0 Å². The predicted molar refractivity (Wildman–Crippen MR) is 110 cm³/mol. The van der Waals surface area contributed by atoms with Gasteiger partial charge in [-0.2, -0.15) is 0 Å². The zero-order chi connectivity index (χ0) is 19.6. The van der Waals surface area contributed by atoms with Crippen molar-refractivity contribution in [2.45, 2.75) is 39.3 Å². The van der Waals surface area contributed by atoms with E-state index in [2.05, 4.69) is 34.1 Å². The van der Waals surface area contributed by atoms with E-state index < -0.39 is 0 Å². The highest BCUT2D eigenvalue weighted by Gasteiger charge is 2.41. The number of methoxy groups -OCH3 is 2. The molecule has 2 saturated heterocycles. The van der Waals surface area contributed by atoms with E-state index >= 15 is 0 Å². The molecule has 152 valence electrons. The molecule has 5 nitrogen and oxygen atoms in total. The Kier molecular flexibility index (Phi) is 5.65. The number of hydrogen-bond acceptors (Lipinski definition) is 5. The number of nitrogens with zero attached hydrogens (tertiary/aromatic N) is 2. The molecule has 2 fully saturated rings. The van der Waals surface area contributed by atoms with Gasteiger partial charge in [-0.1, -0.05) is 12.1 Å². The second-order valence-electron chi connectivity index (χ2n) is 8.44. The van der Waals surface area contributed by atoms with Gasteiger partial charge in [0.05, 0.1) is 20.8 Å². The molecule has 1 atom stereocenters. The largest absolute Gasteiger partial charge is 0.493 e. The summed E-state index contributed by atoms with van der Waals surface area (Å²) in [5.74, 6) is 3.77. The van der Waals surface area contributed by atoms with E-state index in [-0.39, 0.29) is 0 Å². The van der Waals surface area contributed by atoms with Crippen molar-refractivity contribution in [1.29, 1.82) is 0 Å². The lowest BCUT2D eigenvalue weighted by atomic mass is 9.79. The van der Waals surface area contributed by atoms with Crippen molar-refractivity contribution in [3.8, 4) is 11.5 Å². The molecule has 28 heavy (non-hydrogen) atoms. The van der Waals surface area contributed by atoms with Gasteiger partial charge in [0.2, 0.25) is 0 Å². The van der Waals surface area contributed by atoms with Crippen molar-refractivity contribution in [3.63, 3.8) is 0 Å². The molecule has 0 aliphatic carbocycles. The van der Waals surface area contributed by atoms with Gasteiger partial charge in [-0.25, -0.2) is 0 Å². The second-order valence-corrected chi connectivity index (χ2v) is 8.44. The van der Waals surface area contributed by atoms with Crippen LogP contribution < -0.4 is 9.47 Å². The highest BCUT2D eigenvalue weighted by atomic mass is 16.5. The van der Waals surface area contributed by atoms with Crippen LogP contribution in [-0.2, 0) is 13.1 Å². The quantitative estimate of drug-likeness (QED) is 0.750. The molecular weight excluding hydrogens is 352 g/mol. The average molecular weight is 385 g/mol. The normalized spacial score (nSPS) is 23.4. The lowest BCUT2D eigenvalue weighted by molar-refractivity contribution is 0.0851. The Morgan fingerprint density at radius 2 is 1.79 bits per heavy atom. The van der Waals surface area contributed by atoms with E-state index in [1.165, 1.54) is 31.4 Å². The van der Waals surface area contributed by atoms with Crippen LogP contribution in [0.15, 0.2) is 34.7 Å². The van der Waals surface area contributed by atoms with Crippen LogP contribution in [-0.4, -0.2) is 50.2 Å². The fourth-order valence-corrected chi connectivity index (χ4v) is 5.05. The smallest absolute Gasteiger partial charge is 0.165 e. The van der Waals surface area contributed by atoms with Gasteiger partial charge in [-0.15, -0.1) is 0 Å². The van der Waals surface area contributed by atoms with Crippen LogP contribution in [0.5, 0.6) is 11.5 Å². The number of benzene rings is 1. The van der Waals surface area contributed by atoms with Gasteiger partial charge in [-0.3, -0.25) is 9.80 Å². The van der Waals surface area contributed by atoms with Gasteiger partial charge >= 0.3 is 0 Å². The molecule has 4 rings (SSSR count). The molecule has 5 heteroatoms. The Morgan fingerprint density at radius 1 is 0.964 bits per heavy atom. The Balaban J connectivity index is 1.41. The molecule has 0 bridgehead atoms. The number of piperidine rings is 1. The standard InChI is InChI=1S/C23H32N2O3/c1-18-8-9-20(28-18)15-25-13-11-23(17-25)10-5-12-24(16-23)14-19-6-4-7-21(26-2)22(19)27-3/h4,6-9H,5,10-17H2,1-3H3. The van der Waals surface area contributed by atoms with Crippen molar-refractivity contribution >= 4 is 0 Å². The summed E-state index contributed by atoms with van der Waals surface area (Å²) in [6.07, 6.45) is 3.87. The molecule has 0 amide bonds. The van der Waals surface area contributed by atoms with E-state index in [1.54, 1.807) is 14.2 Å². The van der Waals surface area contributed by atoms with Gasteiger partial charge in [0.25, 0.3) is 0 Å². The second kappa shape index (κ2) is 8.18. The van der Waals surface area contributed by atoms with Crippen LogP contribution in [0.3, 0.4) is 0 Å². The minimum atomic E-state index is 0.409. The first-order chi connectivity index (χ1) is 13.6. The maximum absolute atomic E-state index is 5.79. The van der Waals surface area contributed by atoms with Crippen molar-refractivity contribution in [2.24, 2.45) is 5.41 Å². The first-order valence-electron chi connectivity index (χ1n) is 10.3. The number of ether oxygens (including phenoxy) is 2. The Bertz CT molecular complexity index is 803. The van der Waals surface area contributed by atoms with Gasteiger partial charge < -0.3 is 13.9 Å². The highest BCUT2D eigenvalue weighted by Crippen LogP contribution is 2.41. The molecule has 2 aliphatic heterocycles. The van der Waals surface area contributed by atoms with Gasteiger partial charge in [0.15, 0.2) is 11.5 Å². The number of aryl methyl sites for hydroxylation is 1. The minimum absolute atomic E-state index is 0.409. The summed E-state index contributed by atoms with van der Waals surface area (Å²) in [6.45, 7) is 8.49. The number of para-hydroxylation sites is 1.